The Morgan fingerprint density at radius 2 is 1.89 bits per heavy atom. The molecular formula is C14H19Br2ClS. The van der Waals surface area contributed by atoms with Crippen LogP contribution in [-0.2, 0) is 5.41 Å². The Hall–Kier alpha value is 0.820. The lowest BCUT2D eigenvalue weighted by Crippen LogP contribution is -2.30. The van der Waals surface area contributed by atoms with E-state index in [1.807, 2.05) is 23.9 Å². The van der Waals surface area contributed by atoms with E-state index in [0.29, 0.717) is 0 Å². The number of halogens is 3. The second-order valence-corrected chi connectivity index (χ2v) is 7.25. The van der Waals surface area contributed by atoms with Gasteiger partial charge in [-0.1, -0.05) is 68.6 Å². The van der Waals surface area contributed by atoms with Crippen LogP contribution in [0.25, 0.3) is 0 Å². The third-order valence-electron chi connectivity index (χ3n) is 3.10. The zero-order chi connectivity index (χ0) is 13.4. The van der Waals surface area contributed by atoms with Gasteiger partial charge in [0.1, 0.15) is 0 Å². The van der Waals surface area contributed by atoms with E-state index in [1.165, 1.54) is 23.5 Å². The van der Waals surface area contributed by atoms with Gasteiger partial charge in [0.2, 0.25) is 0 Å². The van der Waals surface area contributed by atoms with E-state index in [-0.39, 0.29) is 5.41 Å². The van der Waals surface area contributed by atoms with Gasteiger partial charge in [0.15, 0.2) is 0 Å². The lowest BCUT2D eigenvalue weighted by atomic mass is 9.80. The van der Waals surface area contributed by atoms with E-state index < -0.39 is 0 Å². The number of rotatable bonds is 8. The van der Waals surface area contributed by atoms with Crippen molar-refractivity contribution in [2.45, 2.75) is 25.2 Å². The minimum absolute atomic E-state index is 0.104. The molecule has 102 valence electrons. The summed E-state index contributed by atoms with van der Waals surface area (Å²) < 4.78 is 0. The standard InChI is InChI=1S/C14H19Br2ClS/c1-2-18-9-5-8-14(10-15,11-16)12-6-3-4-7-13(12)17/h3-4,6-7H,2,5,8-11H2,1H3. The Balaban J connectivity index is 2.83. The van der Waals surface area contributed by atoms with Gasteiger partial charge in [-0.05, 0) is 36.0 Å². The minimum atomic E-state index is 0.104. The molecule has 0 fully saturated rings. The van der Waals surface area contributed by atoms with Crippen LogP contribution in [0.4, 0.5) is 0 Å². The number of benzene rings is 1. The normalized spacial score (nSPS) is 11.8. The number of hydrogen-bond donors (Lipinski definition) is 0. The predicted octanol–water partition coefficient (Wildman–Crippen LogP) is 5.90. The third-order valence-corrected chi connectivity index (χ3v) is 6.57. The molecule has 0 saturated heterocycles. The second-order valence-electron chi connectivity index (χ2n) is 4.33. The van der Waals surface area contributed by atoms with E-state index in [2.05, 4.69) is 50.9 Å². The van der Waals surface area contributed by atoms with Crippen LogP contribution in [0.2, 0.25) is 5.02 Å². The largest absolute Gasteiger partial charge is 0.162 e. The van der Waals surface area contributed by atoms with Gasteiger partial charge in [0.05, 0.1) is 0 Å². The van der Waals surface area contributed by atoms with Gasteiger partial charge in [-0.15, -0.1) is 0 Å². The topological polar surface area (TPSA) is 0 Å². The highest BCUT2D eigenvalue weighted by atomic mass is 79.9. The van der Waals surface area contributed by atoms with Gasteiger partial charge in [-0.25, -0.2) is 0 Å². The van der Waals surface area contributed by atoms with Crippen LogP contribution in [0, 0.1) is 0 Å². The first-order chi connectivity index (χ1) is 8.70. The average molecular weight is 415 g/mol. The molecule has 0 aliphatic heterocycles. The van der Waals surface area contributed by atoms with E-state index in [0.717, 1.165) is 22.1 Å². The van der Waals surface area contributed by atoms with Crippen LogP contribution in [0.5, 0.6) is 0 Å². The van der Waals surface area contributed by atoms with Crippen LogP contribution in [0.3, 0.4) is 0 Å². The molecule has 0 aliphatic carbocycles. The van der Waals surface area contributed by atoms with E-state index in [9.17, 15) is 0 Å². The summed E-state index contributed by atoms with van der Waals surface area (Å²) in [7, 11) is 0. The van der Waals surface area contributed by atoms with Crippen molar-refractivity contribution in [3.05, 3.63) is 34.9 Å². The van der Waals surface area contributed by atoms with Crippen molar-refractivity contribution < 1.29 is 0 Å². The van der Waals surface area contributed by atoms with Crippen LogP contribution < -0.4 is 0 Å². The summed E-state index contributed by atoms with van der Waals surface area (Å²) in [4.78, 5) is 0. The van der Waals surface area contributed by atoms with Crippen LogP contribution in [0.1, 0.15) is 25.3 Å². The van der Waals surface area contributed by atoms with E-state index in [4.69, 9.17) is 11.6 Å². The molecule has 0 saturated carbocycles. The molecule has 0 nitrogen and oxygen atoms in total. The lowest BCUT2D eigenvalue weighted by Gasteiger charge is -2.31. The van der Waals surface area contributed by atoms with Gasteiger partial charge in [0, 0.05) is 21.1 Å². The molecule has 1 aromatic carbocycles. The van der Waals surface area contributed by atoms with E-state index in [1.54, 1.807) is 0 Å². The molecule has 18 heavy (non-hydrogen) atoms. The molecule has 0 atom stereocenters. The quantitative estimate of drug-likeness (QED) is 0.377. The molecule has 0 radical (unpaired) electrons. The molecule has 0 bridgehead atoms. The van der Waals surface area contributed by atoms with Crippen LogP contribution in [-0.4, -0.2) is 22.2 Å². The van der Waals surface area contributed by atoms with Gasteiger partial charge < -0.3 is 0 Å². The summed E-state index contributed by atoms with van der Waals surface area (Å²) >= 11 is 15.7. The Morgan fingerprint density at radius 1 is 1.22 bits per heavy atom. The minimum Gasteiger partial charge on any atom is -0.162 e. The highest BCUT2D eigenvalue weighted by Gasteiger charge is 2.31. The second kappa shape index (κ2) is 8.89. The maximum absolute atomic E-state index is 6.36. The van der Waals surface area contributed by atoms with Gasteiger partial charge in [-0.3, -0.25) is 0 Å². The Kier molecular flexibility index (Phi) is 8.33. The summed E-state index contributed by atoms with van der Waals surface area (Å²) in [6.07, 6.45) is 2.38. The maximum atomic E-state index is 6.36. The molecule has 0 aliphatic rings. The first-order valence-electron chi connectivity index (χ1n) is 6.15. The Morgan fingerprint density at radius 3 is 2.44 bits per heavy atom. The van der Waals surface area contributed by atoms with Crippen molar-refractivity contribution in [2.75, 3.05) is 22.2 Å². The Labute approximate surface area is 137 Å². The maximum Gasteiger partial charge on any atom is 0.0444 e. The molecule has 0 amide bonds. The summed E-state index contributed by atoms with van der Waals surface area (Å²) in [5.74, 6) is 2.42. The zero-order valence-electron chi connectivity index (χ0n) is 10.6. The highest BCUT2D eigenvalue weighted by Crippen LogP contribution is 2.37. The molecule has 0 N–H and O–H groups in total. The smallest absolute Gasteiger partial charge is 0.0444 e. The lowest BCUT2D eigenvalue weighted by molar-refractivity contribution is 0.500. The summed E-state index contributed by atoms with van der Waals surface area (Å²) in [5, 5.41) is 2.75. The fraction of sp³-hybridized carbons (Fsp3) is 0.571. The van der Waals surface area contributed by atoms with Crippen LogP contribution in [0.15, 0.2) is 24.3 Å². The molecule has 1 rings (SSSR count). The summed E-state index contributed by atoms with van der Waals surface area (Å²) in [6, 6.07) is 8.20. The monoisotopic (exact) mass is 412 g/mol. The molecule has 4 heteroatoms. The average Bonchev–Trinajstić information content (AvgIpc) is 2.41. The fourth-order valence-electron chi connectivity index (χ4n) is 2.00. The SMILES string of the molecule is CCSCCCC(CBr)(CBr)c1ccccc1Cl. The Bertz CT molecular complexity index is 353. The summed E-state index contributed by atoms with van der Waals surface area (Å²) in [6.45, 7) is 2.21. The first-order valence-corrected chi connectivity index (χ1v) is 9.92. The molecule has 0 heterocycles. The van der Waals surface area contributed by atoms with Crippen molar-refractivity contribution in [3.8, 4) is 0 Å². The van der Waals surface area contributed by atoms with Crippen molar-refractivity contribution in [1.29, 1.82) is 0 Å². The molecular weight excluding hydrogens is 395 g/mol. The van der Waals surface area contributed by atoms with Crippen molar-refractivity contribution in [3.63, 3.8) is 0 Å². The highest BCUT2D eigenvalue weighted by molar-refractivity contribution is 9.09. The predicted molar refractivity (Wildman–Crippen MR) is 93.0 cm³/mol. The van der Waals surface area contributed by atoms with Crippen molar-refractivity contribution >= 4 is 55.2 Å². The van der Waals surface area contributed by atoms with Crippen LogP contribution >= 0.6 is 55.2 Å². The van der Waals surface area contributed by atoms with Gasteiger partial charge in [0.25, 0.3) is 0 Å². The van der Waals surface area contributed by atoms with Crippen molar-refractivity contribution in [2.24, 2.45) is 0 Å². The molecule has 0 spiro atoms. The molecule has 0 unspecified atom stereocenters. The number of thioether (sulfide) groups is 1. The third kappa shape index (κ3) is 4.43. The first kappa shape index (κ1) is 16.9. The van der Waals surface area contributed by atoms with E-state index >= 15 is 0 Å². The summed E-state index contributed by atoms with van der Waals surface area (Å²) in [5.41, 5.74) is 1.36. The van der Waals surface area contributed by atoms with Gasteiger partial charge in [-0.2, -0.15) is 11.8 Å². The number of hydrogen-bond acceptors (Lipinski definition) is 1. The van der Waals surface area contributed by atoms with Gasteiger partial charge >= 0.3 is 0 Å². The van der Waals surface area contributed by atoms with Crippen molar-refractivity contribution in [1.82, 2.24) is 0 Å². The zero-order valence-corrected chi connectivity index (χ0v) is 15.3. The molecule has 0 aromatic heterocycles. The molecule has 1 aromatic rings. The fourth-order valence-corrected chi connectivity index (χ4v) is 5.06. The number of alkyl halides is 2.